The molecule has 2 fully saturated rings. The van der Waals surface area contributed by atoms with Crippen LogP contribution in [-0.4, -0.2) is 55.4 Å². The topological polar surface area (TPSA) is 137 Å². The standard InChI is InChI=1S/C28H30N8O2S/c29-27-26-23(20-6-9-22-24(14-20)33-35(28(22)30)16-18-4-2-1-3-5-18)15-25(36(26)32-17-31-27)19-10-12-34(13-11-19)39(37,38)21-7-8-21/h1-6,9,14-15,17,19,21H,7-8,10-13,16,30H2,(H2,29,31,32). The maximum Gasteiger partial charge on any atom is 0.216 e. The summed E-state index contributed by atoms with van der Waals surface area (Å²) in [4.78, 5) is 4.27. The fourth-order valence-corrected chi connectivity index (χ4v) is 7.66. The molecule has 0 bridgehead atoms. The van der Waals surface area contributed by atoms with Crippen LogP contribution in [0.1, 0.15) is 42.9 Å². The van der Waals surface area contributed by atoms with Crippen molar-refractivity contribution < 1.29 is 8.42 Å². The van der Waals surface area contributed by atoms with E-state index >= 15 is 0 Å². The van der Waals surface area contributed by atoms with Crippen LogP contribution in [-0.2, 0) is 16.6 Å². The number of hydrogen-bond acceptors (Lipinski definition) is 7. The number of benzene rings is 2. The van der Waals surface area contributed by atoms with Crippen molar-refractivity contribution in [1.82, 2.24) is 28.7 Å². The lowest BCUT2D eigenvalue weighted by Gasteiger charge is -2.31. The van der Waals surface area contributed by atoms with Gasteiger partial charge in [0, 0.05) is 35.7 Å². The fraction of sp³-hybridized carbons (Fsp3) is 0.321. The van der Waals surface area contributed by atoms with E-state index in [0.717, 1.165) is 64.5 Å². The van der Waals surface area contributed by atoms with Gasteiger partial charge in [0.05, 0.1) is 17.3 Å². The van der Waals surface area contributed by atoms with Crippen molar-refractivity contribution >= 4 is 38.1 Å². The van der Waals surface area contributed by atoms with Crippen LogP contribution < -0.4 is 11.5 Å². The Morgan fingerprint density at radius 1 is 0.949 bits per heavy atom. The quantitative estimate of drug-likeness (QED) is 0.334. The SMILES string of the molecule is Nc1ncnn2c(C3CCN(S(=O)(=O)C4CC4)CC3)cc(-c3ccc4c(N)n(Cc5ccccc5)nc4c3)c12. The second kappa shape index (κ2) is 9.06. The molecule has 1 saturated carbocycles. The molecule has 0 spiro atoms. The van der Waals surface area contributed by atoms with E-state index in [9.17, 15) is 8.42 Å². The van der Waals surface area contributed by atoms with E-state index < -0.39 is 10.0 Å². The Morgan fingerprint density at radius 2 is 1.72 bits per heavy atom. The molecule has 0 atom stereocenters. The van der Waals surface area contributed by atoms with Crippen molar-refractivity contribution in [3.05, 3.63) is 72.2 Å². The summed E-state index contributed by atoms with van der Waals surface area (Å²) in [7, 11) is -3.16. The van der Waals surface area contributed by atoms with E-state index in [-0.39, 0.29) is 11.2 Å². The maximum atomic E-state index is 12.7. The molecule has 39 heavy (non-hydrogen) atoms. The molecule has 11 heteroatoms. The molecule has 3 aromatic heterocycles. The van der Waals surface area contributed by atoms with Crippen molar-refractivity contribution in [2.45, 2.75) is 43.4 Å². The zero-order valence-corrected chi connectivity index (χ0v) is 22.3. The Labute approximate surface area is 226 Å². The van der Waals surface area contributed by atoms with Crippen molar-refractivity contribution in [2.75, 3.05) is 24.6 Å². The minimum Gasteiger partial charge on any atom is -0.383 e. The molecule has 1 saturated heterocycles. The summed E-state index contributed by atoms with van der Waals surface area (Å²) >= 11 is 0. The number of nitrogens with zero attached hydrogens (tertiary/aromatic N) is 6. The Kier molecular flexibility index (Phi) is 5.60. The lowest BCUT2D eigenvalue weighted by molar-refractivity contribution is 0.314. The number of hydrogen-bond donors (Lipinski definition) is 2. The normalized spacial score (nSPS) is 17.3. The maximum absolute atomic E-state index is 12.7. The molecule has 1 aliphatic carbocycles. The van der Waals surface area contributed by atoms with Gasteiger partial charge in [-0.1, -0.05) is 36.4 Å². The largest absolute Gasteiger partial charge is 0.383 e. The summed E-state index contributed by atoms with van der Waals surface area (Å²) in [5, 5.41) is 10.1. The van der Waals surface area contributed by atoms with Gasteiger partial charge >= 0.3 is 0 Å². The highest BCUT2D eigenvalue weighted by Gasteiger charge is 2.41. The molecular weight excluding hydrogens is 512 g/mol. The van der Waals surface area contributed by atoms with Gasteiger partial charge in [-0.2, -0.15) is 10.2 Å². The van der Waals surface area contributed by atoms with E-state index in [2.05, 4.69) is 28.3 Å². The highest BCUT2D eigenvalue weighted by Crippen LogP contribution is 2.39. The smallest absolute Gasteiger partial charge is 0.216 e. The third-order valence-electron chi connectivity index (χ3n) is 8.05. The molecule has 0 amide bonds. The number of fused-ring (bicyclic) bond motifs is 2. The molecule has 200 valence electrons. The van der Waals surface area contributed by atoms with Crippen LogP contribution in [0, 0.1) is 0 Å². The third-order valence-corrected chi connectivity index (χ3v) is 10.5. The molecule has 4 N–H and O–H groups in total. The van der Waals surface area contributed by atoms with Crippen LogP contribution in [0.4, 0.5) is 11.6 Å². The molecule has 2 aromatic carbocycles. The van der Waals surface area contributed by atoms with Crippen LogP contribution in [0.3, 0.4) is 0 Å². The van der Waals surface area contributed by atoms with Crippen molar-refractivity contribution in [3.63, 3.8) is 0 Å². The average Bonchev–Trinajstić information content (AvgIpc) is 3.68. The van der Waals surface area contributed by atoms with E-state index in [4.69, 9.17) is 16.6 Å². The Morgan fingerprint density at radius 3 is 2.46 bits per heavy atom. The third kappa shape index (κ3) is 4.12. The van der Waals surface area contributed by atoms with Gasteiger partial charge in [-0.3, -0.25) is 0 Å². The zero-order chi connectivity index (χ0) is 26.7. The number of anilines is 2. The summed E-state index contributed by atoms with van der Waals surface area (Å²) in [5.41, 5.74) is 18.4. The van der Waals surface area contributed by atoms with Gasteiger partial charge in [-0.15, -0.1) is 0 Å². The second-order valence-corrected chi connectivity index (χ2v) is 12.8. The number of nitrogen functional groups attached to an aromatic ring is 2. The van der Waals surface area contributed by atoms with Crippen LogP contribution >= 0.6 is 0 Å². The first kappa shape index (κ1) is 24.1. The number of aromatic nitrogens is 5. The predicted octanol–water partition coefficient (Wildman–Crippen LogP) is 3.63. The summed E-state index contributed by atoms with van der Waals surface area (Å²) in [6.45, 7) is 1.64. The van der Waals surface area contributed by atoms with E-state index in [1.165, 1.54) is 6.33 Å². The minimum absolute atomic E-state index is 0.163. The highest BCUT2D eigenvalue weighted by atomic mass is 32.2. The Balaban J connectivity index is 1.24. The first-order valence-corrected chi connectivity index (χ1v) is 14.8. The predicted molar refractivity (Wildman–Crippen MR) is 152 cm³/mol. The molecule has 10 nitrogen and oxygen atoms in total. The fourth-order valence-electron chi connectivity index (χ4n) is 5.78. The first-order chi connectivity index (χ1) is 18.9. The highest BCUT2D eigenvalue weighted by molar-refractivity contribution is 7.90. The Hall–Kier alpha value is -3.96. The number of nitrogens with two attached hydrogens (primary N) is 2. The van der Waals surface area contributed by atoms with Crippen molar-refractivity contribution in [2.24, 2.45) is 0 Å². The monoisotopic (exact) mass is 542 g/mol. The van der Waals surface area contributed by atoms with Gasteiger partial charge in [-0.05, 0) is 55.0 Å². The molecule has 2 aliphatic rings. The first-order valence-electron chi connectivity index (χ1n) is 13.3. The summed E-state index contributed by atoms with van der Waals surface area (Å²) in [6, 6.07) is 18.3. The van der Waals surface area contributed by atoms with Gasteiger partial charge < -0.3 is 11.5 Å². The van der Waals surface area contributed by atoms with Crippen LogP contribution in [0.2, 0.25) is 0 Å². The molecule has 7 rings (SSSR count). The van der Waals surface area contributed by atoms with Gasteiger partial charge in [0.15, 0.2) is 5.82 Å². The van der Waals surface area contributed by atoms with E-state index in [0.29, 0.717) is 31.3 Å². The number of piperidine rings is 1. The van der Waals surface area contributed by atoms with Gasteiger partial charge in [0.1, 0.15) is 17.7 Å². The van der Waals surface area contributed by atoms with Gasteiger partial charge in [0.25, 0.3) is 0 Å². The lowest BCUT2D eigenvalue weighted by Crippen LogP contribution is -2.39. The molecule has 5 aromatic rings. The average molecular weight is 543 g/mol. The number of sulfonamides is 1. The number of rotatable bonds is 6. The van der Waals surface area contributed by atoms with E-state index in [1.54, 1.807) is 4.31 Å². The molecule has 0 unspecified atom stereocenters. The summed E-state index contributed by atoms with van der Waals surface area (Å²) in [6.07, 6.45) is 4.51. The summed E-state index contributed by atoms with van der Waals surface area (Å²) in [5.74, 6) is 1.18. The van der Waals surface area contributed by atoms with Crippen molar-refractivity contribution in [3.8, 4) is 11.1 Å². The van der Waals surface area contributed by atoms with Crippen LogP contribution in [0.5, 0.6) is 0 Å². The molecule has 0 radical (unpaired) electrons. The Bertz CT molecular complexity index is 1800. The second-order valence-electron chi connectivity index (χ2n) is 10.6. The van der Waals surface area contributed by atoms with Gasteiger partial charge in [0.2, 0.25) is 10.0 Å². The van der Waals surface area contributed by atoms with Crippen molar-refractivity contribution in [1.29, 1.82) is 0 Å². The van der Waals surface area contributed by atoms with Crippen LogP contribution in [0.15, 0.2) is 60.9 Å². The summed E-state index contributed by atoms with van der Waals surface area (Å²) < 4.78 is 30.9. The van der Waals surface area contributed by atoms with Crippen LogP contribution in [0.25, 0.3) is 27.5 Å². The molecular formula is C28H30N8O2S. The van der Waals surface area contributed by atoms with Gasteiger partial charge in [-0.25, -0.2) is 26.9 Å². The van der Waals surface area contributed by atoms with E-state index in [1.807, 2.05) is 45.6 Å². The molecule has 4 heterocycles. The minimum atomic E-state index is -3.16. The molecule has 1 aliphatic heterocycles. The zero-order valence-electron chi connectivity index (χ0n) is 21.4. The lowest BCUT2D eigenvalue weighted by atomic mass is 9.94.